The van der Waals surface area contributed by atoms with Crippen molar-refractivity contribution in [2.24, 2.45) is 51.3 Å². The average Bonchev–Trinajstić information content (AvgIpc) is 3.29. The lowest BCUT2D eigenvalue weighted by Gasteiger charge is -2.58. The summed E-state index contributed by atoms with van der Waals surface area (Å²) in [6.07, 6.45) is 2.35. The molecule has 10 nitrogen and oxygen atoms in total. The van der Waals surface area contributed by atoms with Crippen molar-refractivity contribution in [3.63, 3.8) is 0 Å². The number of esters is 1. The SMILES string of the molecule is CC(=O)O[C@@H]1C[C@H]2[C@@H]3CC=C4C[C@@H](O[C@@H]5O[C@H](CO)[C@@H](O)[C@H](O)[C@H]5O)CC[C@]4(C)[C@H]3CC[C@]2(C)[C@H]1[C@H](C)C1=NC[C@H](C)C(=O)C1. The van der Waals surface area contributed by atoms with Crippen LogP contribution in [-0.2, 0) is 23.8 Å². The summed E-state index contributed by atoms with van der Waals surface area (Å²) >= 11 is 0. The first-order valence-corrected chi connectivity index (χ1v) is 17.2. The fourth-order valence-electron chi connectivity index (χ4n) is 10.6. The molecule has 0 aromatic carbocycles. The molecule has 4 fully saturated rings. The first-order valence-electron chi connectivity index (χ1n) is 17.2. The van der Waals surface area contributed by atoms with Crippen LogP contribution in [0.2, 0.25) is 0 Å². The van der Waals surface area contributed by atoms with Crippen LogP contribution in [0.1, 0.15) is 86.0 Å². The third-order valence-corrected chi connectivity index (χ3v) is 13.2. The Morgan fingerprint density at radius 2 is 1.89 bits per heavy atom. The number of hydrogen-bond donors (Lipinski definition) is 4. The average molecular weight is 632 g/mol. The molecule has 2 heterocycles. The predicted octanol–water partition coefficient (Wildman–Crippen LogP) is 2.98. The van der Waals surface area contributed by atoms with Gasteiger partial charge in [0.2, 0.25) is 0 Å². The first-order chi connectivity index (χ1) is 21.3. The third-order valence-electron chi connectivity index (χ3n) is 13.2. The second-order valence-electron chi connectivity index (χ2n) is 15.6. The van der Waals surface area contributed by atoms with E-state index < -0.39 is 37.3 Å². The molecule has 0 aromatic rings. The number of rotatable bonds is 6. The number of hydrogen-bond acceptors (Lipinski definition) is 10. The summed E-state index contributed by atoms with van der Waals surface area (Å²) in [4.78, 5) is 29.9. The quantitative estimate of drug-likeness (QED) is 0.256. The number of carbonyl (C=O) groups excluding carboxylic acids is 2. The van der Waals surface area contributed by atoms with Gasteiger partial charge in [0.15, 0.2) is 6.29 Å². The van der Waals surface area contributed by atoms with E-state index >= 15 is 0 Å². The summed E-state index contributed by atoms with van der Waals surface area (Å²) in [5.41, 5.74) is 2.33. The minimum atomic E-state index is -1.45. The highest BCUT2D eigenvalue weighted by Crippen LogP contribution is 2.67. The van der Waals surface area contributed by atoms with Gasteiger partial charge in [-0.3, -0.25) is 14.6 Å². The molecule has 45 heavy (non-hydrogen) atoms. The fourth-order valence-corrected chi connectivity index (χ4v) is 10.6. The lowest BCUT2D eigenvalue weighted by Crippen LogP contribution is -2.60. The minimum absolute atomic E-state index is 0.0100. The van der Waals surface area contributed by atoms with Gasteiger partial charge in [0.05, 0.1) is 12.7 Å². The molecule has 252 valence electrons. The molecule has 10 heteroatoms. The number of aliphatic hydroxyl groups is 4. The Bertz CT molecular complexity index is 1220. The van der Waals surface area contributed by atoms with Gasteiger partial charge < -0.3 is 34.6 Å². The van der Waals surface area contributed by atoms with E-state index in [2.05, 4.69) is 26.8 Å². The van der Waals surface area contributed by atoms with Crippen LogP contribution in [0.15, 0.2) is 16.6 Å². The fraction of sp³-hybridized carbons (Fsp3) is 0.857. The Labute approximate surface area is 266 Å². The molecule has 0 unspecified atom stereocenters. The van der Waals surface area contributed by atoms with Crippen LogP contribution >= 0.6 is 0 Å². The maximum atomic E-state index is 12.7. The number of Topliss-reactive ketones (excluding diaryl/α,β-unsaturated/α-hetero) is 1. The summed E-state index contributed by atoms with van der Waals surface area (Å²) in [6.45, 7) is 10.5. The van der Waals surface area contributed by atoms with Gasteiger partial charge in [0, 0.05) is 43.4 Å². The van der Waals surface area contributed by atoms with Crippen molar-refractivity contribution in [1.29, 1.82) is 0 Å². The van der Waals surface area contributed by atoms with E-state index in [1.54, 1.807) is 0 Å². The van der Waals surface area contributed by atoms with Gasteiger partial charge in [-0.15, -0.1) is 0 Å². The Balaban J connectivity index is 1.20. The van der Waals surface area contributed by atoms with E-state index in [0.29, 0.717) is 37.1 Å². The van der Waals surface area contributed by atoms with E-state index in [1.165, 1.54) is 12.5 Å². The highest BCUT2D eigenvalue weighted by Gasteiger charge is 2.63. The second kappa shape index (κ2) is 12.4. The Kier molecular flexibility index (Phi) is 9.15. The molecule has 1 saturated heterocycles. The number of ketones is 1. The van der Waals surface area contributed by atoms with Crippen LogP contribution in [0, 0.1) is 46.3 Å². The van der Waals surface area contributed by atoms with Crippen molar-refractivity contribution in [1.82, 2.24) is 0 Å². The Morgan fingerprint density at radius 3 is 2.58 bits per heavy atom. The minimum Gasteiger partial charge on any atom is -0.462 e. The maximum absolute atomic E-state index is 12.7. The summed E-state index contributed by atoms with van der Waals surface area (Å²) < 4.78 is 17.9. The lowest BCUT2D eigenvalue weighted by molar-refractivity contribution is -0.313. The van der Waals surface area contributed by atoms with E-state index in [9.17, 15) is 30.0 Å². The van der Waals surface area contributed by atoms with Crippen molar-refractivity contribution in [3.05, 3.63) is 11.6 Å². The monoisotopic (exact) mass is 631 g/mol. The van der Waals surface area contributed by atoms with Gasteiger partial charge in [-0.2, -0.15) is 0 Å². The molecule has 0 bridgehead atoms. The molecule has 2 aliphatic heterocycles. The number of aliphatic imine (C=N–C) groups is 1. The van der Waals surface area contributed by atoms with Crippen LogP contribution in [0.4, 0.5) is 0 Å². The number of fused-ring (bicyclic) bond motifs is 5. The topological polar surface area (TPSA) is 155 Å². The molecule has 0 aromatic heterocycles. The molecule has 6 aliphatic rings. The molecule has 4 N–H and O–H groups in total. The van der Waals surface area contributed by atoms with Crippen LogP contribution in [0.25, 0.3) is 0 Å². The number of allylic oxidation sites excluding steroid dienone is 1. The molecule has 0 amide bonds. The Hall–Kier alpha value is -1.69. The van der Waals surface area contributed by atoms with Crippen molar-refractivity contribution < 1.29 is 44.2 Å². The molecule has 0 spiro atoms. The zero-order valence-corrected chi connectivity index (χ0v) is 27.4. The highest BCUT2D eigenvalue weighted by molar-refractivity contribution is 6.05. The predicted molar refractivity (Wildman–Crippen MR) is 165 cm³/mol. The van der Waals surface area contributed by atoms with Crippen molar-refractivity contribution >= 4 is 17.5 Å². The Morgan fingerprint density at radius 1 is 1.13 bits per heavy atom. The van der Waals surface area contributed by atoms with Crippen LogP contribution in [0.3, 0.4) is 0 Å². The second-order valence-corrected chi connectivity index (χ2v) is 15.6. The zero-order chi connectivity index (χ0) is 32.4. The van der Waals surface area contributed by atoms with Crippen molar-refractivity contribution in [2.75, 3.05) is 13.2 Å². The standard InChI is InChI=1S/C35H53NO9/c1-17-15-36-25(14-26(17)39)18(2)29-27(43-19(3)38)13-24-22-7-6-20-12-21(8-10-34(20,4)23(22)9-11-35(24,29)5)44-33-32(42)31(41)30(40)28(16-37)45-33/h6,17-18,21-24,27-33,37,40-42H,7-16H2,1-5H3/t17-,18+,21-,22+,23-,24-,27+,28+,29-,30+,31-,32+,33+,34-,35-/m0/s1. The highest BCUT2D eigenvalue weighted by atomic mass is 16.7. The summed E-state index contributed by atoms with van der Waals surface area (Å²) in [7, 11) is 0. The normalized spacial score (nSPS) is 48.8. The number of ether oxygens (including phenoxy) is 3. The summed E-state index contributed by atoms with van der Waals surface area (Å²) in [5, 5.41) is 40.5. The summed E-state index contributed by atoms with van der Waals surface area (Å²) in [5.74, 6) is 1.51. The molecule has 4 aliphatic carbocycles. The van der Waals surface area contributed by atoms with Gasteiger partial charge in [-0.1, -0.05) is 39.3 Å². The molecular weight excluding hydrogens is 578 g/mol. The van der Waals surface area contributed by atoms with Crippen LogP contribution in [-0.4, -0.2) is 94.0 Å². The van der Waals surface area contributed by atoms with Crippen LogP contribution < -0.4 is 0 Å². The van der Waals surface area contributed by atoms with Gasteiger partial charge in [-0.05, 0) is 73.5 Å². The first kappa shape index (κ1) is 33.2. The van der Waals surface area contributed by atoms with Crippen molar-refractivity contribution in [3.8, 4) is 0 Å². The lowest BCUT2D eigenvalue weighted by atomic mass is 9.47. The van der Waals surface area contributed by atoms with E-state index in [4.69, 9.17) is 19.2 Å². The van der Waals surface area contributed by atoms with E-state index in [-0.39, 0.29) is 52.5 Å². The molecule has 0 radical (unpaired) electrons. The van der Waals surface area contributed by atoms with Gasteiger partial charge in [-0.25, -0.2) is 0 Å². The van der Waals surface area contributed by atoms with E-state index in [0.717, 1.165) is 44.2 Å². The molecular formula is C35H53NO9. The third kappa shape index (κ3) is 5.65. The molecule has 3 saturated carbocycles. The maximum Gasteiger partial charge on any atom is 0.302 e. The van der Waals surface area contributed by atoms with Crippen LogP contribution in [0.5, 0.6) is 0 Å². The summed E-state index contributed by atoms with van der Waals surface area (Å²) in [6, 6.07) is 0. The van der Waals surface area contributed by atoms with E-state index in [1.807, 2.05) is 6.92 Å². The van der Waals surface area contributed by atoms with Crippen molar-refractivity contribution in [2.45, 2.75) is 129 Å². The zero-order valence-electron chi connectivity index (χ0n) is 27.4. The number of aliphatic hydroxyl groups excluding tert-OH is 4. The van der Waals surface area contributed by atoms with Gasteiger partial charge in [0.25, 0.3) is 0 Å². The number of nitrogens with zero attached hydrogens (tertiary/aromatic N) is 1. The van der Waals surface area contributed by atoms with Gasteiger partial charge >= 0.3 is 5.97 Å². The molecule has 6 rings (SSSR count). The smallest absolute Gasteiger partial charge is 0.302 e. The van der Waals surface area contributed by atoms with Gasteiger partial charge in [0.1, 0.15) is 36.3 Å². The molecule has 15 atom stereocenters. The number of carbonyl (C=O) groups is 2. The largest absolute Gasteiger partial charge is 0.462 e.